The molecule has 2 heteroatoms. The molecule has 1 aromatic carbocycles. The van der Waals surface area contributed by atoms with E-state index in [2.05, 4.69) is 32.0 Å². The lowest BCUT2D eigenvalue weighted by Gasteiger charge is -2.16. The van der Waals surface area contributed by atoms with E-state index in [4.69, 9.17) is 10.5 Å². The number of aryl methyl sites for hydroxylation is 1. The lowest BCUT2D eigenvalue weighted by Crippen LogP contribution is -2.23. The highest BCUT2D eigenvalue weighted by molar-refractivity contribution is 5.39. The van der Waals surface area contributed by atoms with Crippen molar-refractivity contribution in [2.24, 2.45) is 11.7 Å². The Morgan fingerprint density at radius 2 is 2.22 bits per heavy atom. The van der Waals surface area contributed by atoms with Crippen LogP contribution in [-0.2, 0) is 12.8 Å². The maximum absolute atomic E-state index is 6.19. The first-order chi connectivity index (χ1) is 8.69. The van der Waals surface area contributed by atoms with Gasteiger partial charge >= 0.3 is 0 Å². The molecule has 2 rings (SSSR count). The predicted octanol–water partition coefficient (Wildman–Crippen LogP) is 3.32. The second-order valence-electron chi connectivity index (χ2n) is 5.59. The summed E-state index contributed by atoms with van der Waals surface area (Å²) in [6, 6.07) is 6.92. The van der Waals surface area contributed by atoms with E-state index in [-0.39, 0.29) is 0 Å². The second-order valence-corrected chi connectivity index (χ2v) is 5.59. The molecular formula is C16H25NO. The monoisotopic (exact) mass is 247 g/mol. The molecule has 0 spiro atoms. The van der Waals surface area contributed by atoms with Crippen molar-refractivity contribution in [1.82, 2.24) is 0 Å². The van der Waals surface area contributed by atoms with Gasteiger partial charge in [-0.05, 0) is 42.4 Å². The molecule has 0 bridgehead atoms. The second kappa shape index (κ2) is 6.24. The Morgan fingerprint density at radius 1 is 1.39 bits per heavy atom. The number of hydrogen-bond acceptors (Lipinski definition) is 2. The van der Waals surface area contributed by atoms with Crippen molar-refractivity contribution in [1.29, 1.82) is 0 Å². The van der Waals surface area contributed by atoms with Gasteiger partial charge < -0.3 is 10.5 Å². The Morgan fingerprint density at radius 3 is 3.00 bits per heavy atom. The molecule has 100 valence electrons. The molecule has 2 nitrogen and oxygen atoms in total. The Hall–Kier alpha value is -1.02. The molecule has 1 heterocycles. The average molecular weight is 247 g/mol. The van der Waals surface area contributed by atoms with Gasteiger partial charge in [0.25, 0.3) is 0 Å². The molecule has 1 aromatic rings. The summed E-state index contributed by atoms with van der Waals surface area (Å²) in [6.45, 7) is 5.36. The van der Waals surface area contributed by atoms with E-state index in [0.29, 0.717) is 6.04 Å². The summed E-state index contributed by atoms with van der Waals surface area (Å²) in [5.74, 6) is 1.82. The van der Waals surface area contributed by atoms with E-state index in [0.717, 1.165) is 44.0 Å². The summed E-state index contributed by atoms with van der Waals surface area (Å²) in [4.78, 5) is 0. The standard InChI is InChI=1S/C16H25NO/c1-3-12(2)10-15(17)6-4-13-5-7-16-14(11-13)8-9-18-16/h5,7,11-12,15H,3-4,6,8-10,17H2,1-2H3. The van der Waals surface area contributed by atoms with E-state index < -0.39 is 0 Å². The summed E-state index contributed by atoms with van der Waals surface area (Å²) in [7, 11) is 0. The minimum Gasteiger partial charge on any atom is -0.493 e. The fourth-order valence-corrected chi connectivity index (χ4v) is 2.55. The van der Waals surface area contributed by atoms with E-state index in [1.165, 1.54) is 17.5 Å². The zero-order valence-electron chi connectivity index (χ0n) is 11.6. The fraction of sp³-hybridized carbons (Fsp3) is 0.625. The lowest BCUT2D eigenvalue weighted by atomic mass is 9.95. The van der Waals surface area contributed by atoms with E-state index in [9.17, 15) is 0 Å². The first kappa shape index (κ1) is 13.4. The average Bonchev–Trinajstić information content (AvgIpc) is 2.83. The smallest absolute Gasteiger partial charge is 0.122 e. The molecule has 1 aliphatic rings. The highest BCUT2D eigenvalue weighted by Crippen LogP contribution is 2.26. The van der Waals surface area contributed by atoms with Gasteiger partial charge in [0, 0.05) is 12.5 Å². The normalized spacial score (nSPS) is 17.1. The Kier molecular flexibility index (Phi) is 4.65. The van der Waals surface area contributed by atoms with Gasteiger partial charge in [0.2, 0.25) is 0 Å². The van der Waals surface area contributed by atoms with Crippen molar-refractivity contribution in [2.75, 3.05) is 6.61 Å². The molecule has 2 unspecified atom stereocenters. The van der Waals surface area contributed by atoms with Gasteiger partial charge in [-0.3, -0.25) is 0 Å². The number of benzene rings is 1. The van der Waals surface area contributed by atoms with Gasteiger partial charge in [-0.15, -0.1) is 0 Å². The van der Waals surface area contributed by atoms with Gasteiger partial charge in [-0.25, -0.2) is 0 Å². The molecular weight excluding hydrogens is 222 g/mol. The zero-order chi connectivity index (χ0) is 13.0. The van der Waals surface area contributed by atoms with Crippen molar-refractivity contribution in [3.8, 4) is 5.75 Å². The highest BCUT2D eigenvalue weighted by Gasteiger charge is 2.13. The minimum absolute atomic E-state index is 0.337. The molecule has 0 aliphatic carbocycles. The molecule has 0 radical (unpaired) electrons. The van der Waals surface area contributed by atoms with Crippen molar-refractivity contribution >= 4 is 0 Å². The molecule has 2 atom stereocenters. The topological polar surface area (TPSA) is 35.2 Å². The van der Waals surface area contributed by atoms with Crippen LogP contribution in [0.4, 0.5) is 0 Å². The maximum Gasteiger partial charge on any atom is 0.122 e. The van der Waals surface area contributed by atoms with Crippen LogP contribution in [-0.4, -0.2) is 12.6 Å². The van der Waals surface area contributed by atoms with Crippen molar-refractivity contribution in [3.63, 3.8) is 0 Å². The number of rotatable bonds is 6. The van der Waals surface area contributed by atoms with Crippen molar-refractivity contribution < 1.29 is 4.74 Å². The predicted molar refractivity (Wildman–Crippen MR) is 76.0 cm³/mol. The Balaban J connectivity index is 1.83. The van der Waals surface area contributed by atoms with Gasteiger partial charge in [0.15, 0.2) is 0 Å². The van der Waals surface area contributed by atoms with Gasteiger partial charge in [0.1, 0.15) is 5.75 Å². The van der Waals surface area contributed by atoms with Gasteiger partial charge in [0.05, 0.1) is 6.61 Å². The molecule has 0 amide bonds. The molecule has 0 fully saturated rings. The highest BCUT2D eigenvalue weighted by atomic mass is 16.5. The van der Waals surface area contributed by atoms with Gasteiger partial charge in [-0.2, -0.15) is 0 Å². The molecule has 0 saturated carbocycles. The van der Waals surface area contributed by atoms with Crippen LogP contribution in [0.2, 0.25) is 0 Å². The van der Waals surface area contributed by atoms with E-state index in [1.807, 2.05) is 0 Å². The summed E-state index contributed by atoms with van der Waals surface area (Å²) in [5.41, 5.74) is 8.95. The van der Waals surface area contributed by atoms with Crippen LogP contribution in [0.15, 0.2) is 18.2 Å². The van der Waals surface area contributed by atoms with Crippen LogP contribution in [0, 0.1) is 5.92 Å². The van der Waals surface area contributed by atoms with Crippen LogP contribution < -0.4 is 10.5 Å². The molecule has 18 heavy (non-hydrogen) atoms. The number of hydrogen-bond donors (Lipinski definition) is 1. The molecule has 1 aliphatic heterocycles. The third-order valence-corrected chi connectivity index (χ3v) is 3.96. The summed E-state index contributed by atoms with van der Waals surface area (Å²) >= 11 is 0. The number of ether oxygens (including phenoxy) is 1. The van der Waals surface area contributed by atoms with Crippen LogP contribution in [0.3, 0.4) is 0 Å². The molecule has 0 saturated heterocycles. The summed E-state index contributed by atoms with van der Waals surface area (Å²) in [5, 5.41) is 0. The van der Waals surface area contributed by atoms with Crippen LogP contribution in [0.1, 0.15) is 44.2 Å². The molecule has 0 aromatic heterocycles. The first-order valence-electron chi connectivity index (χ1n) is 7.19. The van der Waals surface area contributed by atoms with Crippen LogP contribution in [0.5, 0.6) is 5.75 Å². The van der Waals surface area contributed by atoms with E-state index >= 15 is 0 Å². The Labute approximate surface area is 111 Å². The largest absolute Gasteiger partial charge is 0.493 e. The summed E-state index contributed by atoms with van der Waals surface area (Å²) in [6.07, 6.45) is 5.60. The van der Waals surface area contributed by atoms with Gasteiger partial charge in [-0.1, -0.05) is 32.4 Å². The number of fused-ring (bicyclic) bond motifs is 1. The zero-order valence-corrected chi connectivity index (χ0v) is 11.6. The quantitative estimate of drug-likeness (QED) is 0.837. The third-order valence-electron chi connectivity index (χ3n) is 3.96. The first-order valence-corrected chi connectivity index (χ1v) is 7.19. The fourth-order valence-electron chi connectivity index (χ4n) is 2.55. The maximum atomic E-state index is 6.19. The number of nitrogens with two attached hydrogens (primary N) is 1. The van der Waals surface area contributed by atoms with Crippen molar-refractivity contribution in [2.45, 2.75) is 52.0 Å². The minimum atomic E-state index is 0.337. The summed E-state index contributed by atoms with van der Waals surface area (Å²) < 4.78 is 5.52. The lowest BCUT2D eigenvalue weighted by molar-refractivity contribution is 0.357. The Bertz CT molecular complexity index is 389. The van der Waals surface area contributed by atoms with Crippen LogP contribution >= 0.6 is 0 Å². The SMILES string of the molecule is CCC(C)CC(N)CCc1ccc2c(c1)CCO2. The van der Waals surface area contributed by atoms with Crippen LogP contribution in [0.25, 0.3) is 0 Å². The van der Waals surface area contributed by atoms with Crippen molar-refractivity contribution in [3.05, 3.63) is 29.3 Å². The van der Waals surface area contributed by atoms with E-state index in [1.54, 1.807) is 0 Å². The molecule has 2 N–H and O–H groups in total. The third kappa shape index (κ3) is 3.49.